The van der Waals surface area contributed by atoms with E-state index in [0.29, 0.717) is 10.7 Å². The molecule has 3 rings (SSSR count). The summed E-state index contributed by atoms with van der Waals surface area (Å²) in [6.07, 6.45) is 0. The van der Waals surface area contributed by atoms with Gasteiger partial charge in [-0.3, -0.25) is 14.5 Å². The molecule has 1 unspecified atom stereocenters. The normalized spacial score (nSPS) is 18.5. The lowest BCUT2D eigenvalue weighted by atomic mass is 10.0. The summed E-state index contributed by atoms with van der Waals surface area (Å²) in [4.78, 5) is 26.1. The smallest absolute Gasteiger partial charge is 0.248 e. The van der Waals surface area contributed by atoms with Crippen molar-refractivity contribution in [1.29, 1.82) is 0 Å². The molecule has 5 heteroatoms. The van der Waals surface area contributed by atoms with E-state index < -0.39 is 6.04 Å². The fourth-order valence-corrected chi connectivity index (χ4v) is 2.65. The molecule has 106 valence electrons. The van der Waals surface area contributed by atoms with Crippen molar-refractivity contribution in [2.45, 2.75) is 6.04 Å². The minimum Gasteiger partial charge on any atom is -0.345 e. The van der Waals surface area contributed by atoms with Crippen LogP contribution < -0.4 is 10.2 Å². The number of rotatable bonds is 2. The van der Waals surface area contributed by atoms with Crippen molar-refractivity contribution in [2.75, 3.05) is 11.4 Å². The first-order valence-electron chi connectivity index (χ1n) is 6.57. The molecule has 0 radical (unpaired) electrons. The van der Waals surface area contributed by atoms with Gasteiger partial charge in [0, 0.05) is 10.7 Å². The highest BCUT2D eigenvalue weighted by Gasteiger charge is 2.36. The Bertz CT molecular complexity index is 688. The highest BCUT2D eigenvalue weighted by atomic mass is 35.5. The number of piperazine rings is 1. The number of carbonyl (C=O) groups is 2. The highest BCUT2D eigenvalue weighted by Crippen LogP contribution is 2.31. The van der Waals surface area contributed by atoms with Crippen LogP contribution in [0.15, 0.2) is 54.6 Å². The second kappa shape index (κ2) is 5.58. The van der Waals surface area contributed by atoms with Crippen molar-refractivity contribution < 1.29 is 9.59 Å². The predicted molar refractivity (Wildman–Crippen MR) is 81.1 cm³/mol. The second-order valence-corrected chi connectivity index (χ2v) is 5.21. The quantitative estimate of drug-likeness (QED) is 0.926. The predicted octanol–water partition coefficient (Wildman–Crippen LogP) is 2.54. The molecule has 0 saturated carbocycles. The highest BCUT2D eigenvalue weighted by molar-refractivity contribution is 6.31. The van der Waals surface area contributed by atoms with Gasteiger partial charge < -0.3 is 5.32 Å². The van der Waals surface area contributed by atoms with Crippen LogP contribution in [-0.4, -0.2) is 18.4 Å². The molecule has 2 amide bonds. The molecule has 21 heavy (non-hydrogen) atoms. The Hall–Kier alpha value is -2.33. The number of anilines is 1. The third-order valence-corrected chi connectivity index (χ3v) is 3.63. The summed E-state index contributed by atoms with van der Waals surface area (Å²) >= 11 is 6.00. The van der Waals surface area contributed by atoms with Crippen molar-refractivity contribution in [1.82, 2.24) is 5.32 Å². The molecular formula is C16H13ClN2O2. The Morgan fingerprint density at radius 3 is 2.52 bits per heavy atom. The number of halogens is 1. The summed E-state index contributed by atoms with van der Waals surface area (Å²) in [6, 6.07) is 15.5. The molecule has 1 heterocycles. The summed E-state index contributed by atoms with van der Waals surface area (Å²) in [5, 5.41) is 3.16. The van der Waals surface area contributed by atoms with E-state index >= 15 is 0 Å². The lowest BCUT2D eigenvalue weighted by molar-refractivity contribution is -0.131. The summed E-state index contributed by atoms with van der Waals surface area (Å²) < 4.78 is 0. The van der Waals surface area contributed by atoms with Crippen LogP contribution in [0, 0.1) is 0 Å². The van der Waals surface area contributed by atoms with Crippen LogP contribution in [0.3, 0.4) is 0 Å². The van der Waals surface area contributed by atoms with Crippen molar-refractivity contribution in [3.05, 3.63) is 65.2 Å². The number of nitrogens with zero attached hydrogens (tertiary/aromatic N) is 1. The Morgan fingerprint density at radius 1 is 1.05 bits per heavy atom. The monoisotopic (exact) mass is 300 g/mol. The van der Waals surface area contributed by atoms with Gasteiger partial charge in [-0.25, -0.2) is 0 Å². The first kappa shape index (κ1) is 13.6. The second-order valence-electron chi connectivity index (χ2n) is 4.77. The lowest BCUT2D eigenvalue weighted by Gasteiger charge is -2.35. The van der Waals surface area contributed by atoms with Gasteiger partial charge in [0.05, 0.1) is 6.54 Å². The Labute approximate surface area is 127 Å². The van der Waals surface area contributed by atoms with E-state index in [-0.39, 0.29) is 18.4 Å². The Morgan fingerprint density at radius 2 is 1.81 bits per heavy atom. The molecular weight excluding hydrogens is 288 g/mol. The zero-order valence-corrected chi connectivity index (χ0v) is 11.9. The van der Waals surface area contributed by atoms with Crippen LogP contribution in [0.5, 0.6) is 0 Å². The molecule has 1 saturated heterocycles. The van der Waals surface area contributed by atoms with Crippen molar-refractivity contribution in [3.8, 4) is 0 Å². The zero-order valence-electron chi connectivity index (χ0n) is 11.1. The van der Waals surface area contributed by atoms with Crippen molar-refractivity contribution >= 4 is 29.1 Å². The Kier molecular flexibility index (Phi) is 3.62. The number of hydrogen-bond acceptors (Lipinski definition) is 2. The molecule has 4 nitrogen and oxygen atoms in total. The van der Waals surface area contributed by atoms with E-state index in [4.69, 9.17) is 11.6 Å². The lowest BCUT2D eigenvalue weighted by Crippen LogP contribution is -2.53. The number of amides is 2. The molecule has 0 spiro atoms. The minimum absolute atomic E-state index is 0.00528. The molecule has 0 bridgehead atoms. The number of nitrogens with one attached hydrogen (secondary N) is 1. The summed E-state index contributed by atoms with van der Waals surface area (Å²) in [7, 11) is 0. The van der Waals surface area contributed by atoms with E-state index in [1.807, 2.05) is 30.3 Å². The first-order chi connectivity index (χ1) is 10.2. The van der Waals surface area contributed by atoms with Crippen molar-refractivity contribution in [3.63, 3.8) is 0 Å². The maximum Gasteiger partial charge on any atom is 0.248 e. The van der Waals surface area contributed by atoms with Gasteiger partial charge in [-0.1, -0.05) is 48.0 Å². The molecule has 2 aromatic rings. The number of benzene rings is 2. The van der Waals surface area contributed by atoms with E-state index in [1.54, 1.807) is 24.3 Å². The minimum atomic E-state index is -0.675. The fourth-order valence-electron chi connectivity index (χ4n) is 2.46. The molecule has 1 aliphatic heterocycles. The average Bonchev–Trinajstić information content (AvgIpc) is 2.50. The van der Waals surface area contributed by atoms with Crippen LogP contribution in [0.1, 0.15) is 11.6 Å². The summed E-state index contributed by atoms with van der Waals surface area (Å²) in [5.41, 5.74) is 1.39. The van der Waals surface area contributed by atoms with Gasteiger partial charge in [0.2, 0.25) is 11.8 Å². The van der Waals surface area contributed by atoms with Crippen LogP contribution in [-0.2, 0) is 9.59 Å². The first-order valence-corrected chi connectivity index (χ1v) is 6.95. The fraction of sp³-hybridized carbons (Fsp3) is 0.125. The molecule has 1 N–H and O–H groups in total. The van der Waals surface area contributed by atoms with E-state index in [9.17, 15) is 9.59 Å². The molecule has 1 atom stereocenters. The number of carbonyl (C=O) groups excluding carboxylic acids is 2. The molecule has 2 aromatic carbocycles. The summed E-state index contributed by atoms with van der Waals surface area (Å²) in [6.45, 7) is -0.00528. The van der Waals surface area contributed by atoms with Crippen LogP contribution in [0.4, 0.5) is 5.69 Å². The molecule has 1 aliphatic rings. The molecule has 0 aliphatic carbocycles. The average molecular weight is 301 g/mol. The Balaban J connectivity index is 2.08. The largest absolute Gasteiger partial charge is 0.345 e. The van der Waals surface area contributed by atoms with Crippen LogP contribution in [0.25, 0.3) is 0 Å². The van der Waals surface area contributed by atoms with Gasteiger partial charge in [-0.2, -0.15) is 0 Å². The van der Waals surface area contributed by atoms with Gasteiger partial charge >= 0.3 is 0 Å². The van der Waals surface area contributed by atoms with Gasteiger partial charge in [-0.15, -0.1) is 0 Å². The maximum absolute atomic E-state index is 12.3. The van der Waals surface area contributed by atoms with Gasteiger partial charge in [0.25, 0.3) is 0 Å². The zero-order chi connectivity index (χ0) is 14.8. The van der Waals surface area contributed by atoms with Gasteiger partial charge in [-0.05, 0) is 23.8 Å². The van der Waals surface area contributed by atoms with E-state index in [0.717, 1.165) is 5.56 Å². The topological polar surface area (TPSA) is 49.4 Å². The molecule has 0 aromatic heterocycles. The van der Waals surface area contributed by atoms with Crippen LogP contribution in [0.2, 0.25) is 5.02 Å². The SMILES string of the molecule is O=C1NCC(=O)N(c2cccc(Cl)c2)C1c1ccccc1. The van der Waals surface area contributed by atoms with Crippen molar-refractivity contribution in [2.24, 2.45) is 0 Å². The van der Waals surface area contributed by atoms with Gasteiger partial charge in [0.1, 0.15) is 6.04 Å². The van der Waals surface area contributed by atoms with E-state index in [1.165, 1.54) is 4.90 Å². The third kappa shape index (κ3) is 2.62. The maximum atomic E-state index is 12.3. The summed E-state index contributed by atoms with van der Waals surface area (Å²) in [5.74, 6) is -0.355. The number of hydrogen-bond donors (Lipinski definition) is 1. The van der Waals surface area contributed by atoms with Crippen LogP contribution >= 0.6 is 11.6 Å². The molecule has 1 fully saturated rings. The van der Waals surface area contributed by atoms with E-state index in [2.05, 4.69) is 5.32 Å². The van der Waals surface area contributed by atoms with Gasteiger partial charge in [0.15, 0.2) is 0 Å². The third-order valence-electron chi connectivity index (χ3n) is 3.39. The standard InChI is InChI=1S/C16H13ClN2O2/c17-12-7-4-8-13(9-12)19-14(20)10-18-16(21)15(19)11-5-2-1-3-6-11/h1-9,15H,10H2,(H,18,21).